The Balaban J connectivity index is 2.20. The number of hydrogen-bond donors (Lipinski definition) is 2. The van der Waals surface area contributed by atoms with Crippen LogP contribution in [-0.4, -0.2) is 19.6 Å². The molecule has 0 saturated carbocycles. The number of rotatable bonds is 7. The lowest BCUT2D eigenvalue weighted by Crippen LogP contribution is -2.22. The molecular weight excluding hydrogens is 208 g/mol. The lowest BCUT2D eigenvalue weighted by molar-refractivity contribution is 0.511. The molecule has 2 nitrogen and oxygen atoms in total. The predicted molar refractivity (Wildman–Crippen MR) is 75.3 cm³/mol. The molecule has 0 aliphatic carbocycles. The molecule has 1 aromatic carbocycles. The van der Waals surface area contributed by atoms with E-state index in [4.69, 9.17) is 5.73 Å². The van der Waals surface area contributed by atoms with Gasteiger partial charge in [-0.25, -0.2) is 0 Å². The normalized spacial score (nSPS) is 12.7. The maximum atomic E-state index is 5.58. The number of aryl methyl sites for hydroxylation is 2. The van der Waals surface area contributed by atoms with Gasteiger partial charge in [-0.2, -0.15) is 0 Å². The fourth-order valence-electron chi connectivity index (χ4n) is 1.78. The lowest BCUT2D eigenvalue weighted by Gasteiger charge is -2.10. The van der Waals surface area contributed by atoms with Gasteiger partial charge in [-0.3, -0.25) is 0 Å². The van der Waals surface area contributed by atoms with Crippen LogP contribution in [0.4, 0.5) is 0 Å². The van der Waals surface area contributed by atoms with Gasteiger partial charge >= 0.3 is 0 Å². The third-order valence-corrected chi connectivity index (χ3v) is 3.38. The van der Waals surface area contributed by atoms with Crippen LogP contribution in [0.25, 0.3) is 0 Å². The second-order valence-electron chi connectivity index (χ2n) is 5.05. The Morgan fingerprint density at radius 3 is 2.59 bits per heavy atom. The van der Waals surface area contributed by atoms with Gasteiger partial charge < -0.3 is 11.1 Å². The topological polar surface area (TPSA) is 38.0 Å². The molecule has 1 unspecified atom stereocenters. The molecule has 1 rings (SSSR count). The Labute approximate surface area is 106 Å². The quantitative estimate of drug-likeness (QED) is 0.711. The molecular formula is C15H26N2. The zero-order chi connectivity index (χ0) is 12.7. The van der Waals surface area contributed by atoms with Crippen molar-refractivity contribution in [2.24, 2.45) is 11.7 Å². The van der Waals surface area contributed by atoms with Gasteiger partial charge in [0.2, 0.25) is 0 Å². The van der Waals surface area contributed by atoms with E-state index in [2.05, 4.69) is 44.3 Å². The summed E-state index contributed by atoms with van der Waals surface area (Å²) in [4.78, 5) is 0. The maximum Gasteiger partial charge on any atom is -0.000835 e. The first kappa shape index (κ1) is 14.2. The van der Waals surface area contributed by atoms with Crippen molar-refractivity contribution >= 4 is 0 Å². The zero-order valence-electron chi connectivity index (χ0n) is 11.4. The monoisotopic (exact) mass is 234 g/mol. The van der Waals surface area contributed by atoms with E-state index < -0.39 is 0 Å². The van der Waals surface area contributed by atoms with Gasteiger partial charge in [0.15, 0.2) is 0 Å². The minimum atomic E-state index is 0.629. The second kappa shape index (κ2) is 7.46. The molecule has 3 N–H and O–H groups in total. The van der Waals surface area contributed by atoms with Crippen LogP contribution in [-0.2, 0) is 6.42 Å². The summed E-state index contributed by atoms with van der Waals surface area (Å²) in [7, 11) is 0. The molecule has 1 aromatic rings. The van der Waals surface area contributed by atoms with Crippen LogP contribution in [0.2, 0.25) is 0 Å². The van der Waals surface area contributed by atoms with Crippen molar-refractivity contribution in [3.05, 3.63) is 34.9 Å². The minimum Gasteiger partial charge on any atom is -0.330 e. The van der Waals surface area contributed by atoms with Gasteiger partial charge in [-0.1, -0.05) is 25.1 Å². The fourth-order valence-corrected chi connectivity index (χ4v) is 1.78. The maximum absolute atomic E-state index is 5.58. The van der Waals surface area contributed by atoms with E-state index in [1.165, 1.54) is 23.1 Å². The molecule has 0 bridgehead atoms. The van der Waals surface area contributed by atoms with Crippen LogP contribution in [0.5, 0.6) is 0 Å². The first-order chi connectivity index (χ1) is 8.13. The van der Waals surface area contributed by atoms with Crippen LogP contribution in [0.15, 0.2) is 18.2 Å². The first-order valence-corrected chi connectivity index (χ1v) is 6.60. The predicted octanol–water partition coefficient (Wildman–Crippen LogP) is 2.42. The SMILES string of the molecule is Cc1ccc(CCNCCC(C)CN)cc1C. The summed E-state index contributed by atoms with van der Waals surface area (Å²) in [6.45, 7) is 9.45. The van der Waals surface area contributed by atoms with Crippen molar-refractivity contribution in [1.29, 1.82) is 0 Å². The minimum absolute atomic E-state index is 0.629. The van der Waals surface area contributed by atoms with Gasteiger partial charge in [-0.05, 0) is 68.9 Å². The van der Waals surface area contributed by atoms with Crippen molar-refractivity contribution in [2.75, 3.05) is 19.6 Å². The summed E-state index contributed by atoms with van der Waals surface area (Å²) >= 11 is 0. The van der Waals surface area contributed by atoms with Gasteiger partial charge in [-0.15, -0.1) is 0 Å². The summed E-state index contributed by atoms with van der Waals surface area (Å²) in [5, 5.41) is 3.48. The Morgan fingerprint density at radius 2 is 1.94 bits per heavy atom. The average Bonchev–Trinajstić information content (AvgIpc) is 2.33. The van der Waals surface area contributed by atoms with Crippen LogP contribution in [0.3, 0.4) is 0 Å². The Morgan fingerprint density at radius 1 is 1.18 bits per heavy atom. The summed E-state index contributed by atoms with van der Waals surface area (Å²) in [6.07, 6.45) is 2.28. The molecule has 0 aliphatic heterocycles. The van der Waals surface area contributed by atoms with Crippen molar-refractivity contribution in [2.45, 2.75) is 33.6 Å². The number of benzene rings is 1. The molecule has 0 radical (unpaired) electrons. The van der Waals surface area contributed by atoms with E-state index in [9.17, 15) is 0 Å². The number of nitrogens with two attached hydrogens (primary N) is 1. The van der Waals surface area contributed by atoms with Gasteiger partial charge in [0, 0.05) is 0 Å². The van der Waals surface area contributed by atoms with Crippen molar-refractivity contribution in [1.82, 2.24) is 5.32 Å². The van der Waals surface area contributed by atoms with Crippen LogP contribution < -0.4 is 11.1 Å². The molecule has 0 spiro atoms. The van der Waals surface area contributed by atoms with Crippen LogP contribution in [0.1, 0.15) is 30.0 Å². The Kier molecular flexibility index (Phi) is 6.23. The fraction of sp³-hybridized carbons (Fsp3) is 0.600. The number of hydrogen-bond acceptors (Lipinski definition) is 2. The lowest BCUT2D eigenvalue weighted by atomic mass is 10.0. The zero-order valence-corrected chi connectivity index (χ0v) is 11.4. The summed E-state index contributed by atoms with van der Waals surface area (Å²) < 4.78 is 0. The highest BCUT2D eigenvalue weighted by Gasteiger charge is 1.99. The summed E-state index contributed by atoms with van der Waals surface area (Å²) in [5.41, 5.74) is 9.77. The van der Waals surface area contributed by atoms with E-state index in [0.717, 1.165) is 26.1 Å². The highest BCUT2D eigenvalue weighted by Crippen LogP contribution is 2.09. The smallest absolute Gasteiger partial charge is 0.000835 e. The van der Waals surface area contributed by atoms with Crippen molar-refractivity contribution in [3.8, 4) is 0 Å². The molecule has 0 aromatic heterocycles. The Hall–Kier alpha value is -0.860. The standard InChI is InChI=1S/C15H26N2/c1-12(11-16)6-8-17-9-7-15-5-4-13(2)14(3)10-15/h4-5,10,12,17H,6-9,11,16H2,1-3H3. The van der Waals surface area contributed by atoms with E-state index in [0.29, 0.717) is 5.92 Å². The van der Waals surface area contributed by atoms with E-state index in [-0.39, 0.29) is 0 Å². The third kappa shape index (κ3) is 5.33. The summed E-state index contributed by atoms with van der Waals surface area (Å²) in [5.74, 6) is 0.629. The van der Waals surface area contributed by atoms with E-state index in [1.54, 1.807) is 0 Å². The second-order valence-corrected chi connectivity index (χ2v) is 5.05. The molecule has 2 heteroatoms. The van der Waals surface area contributed by atoms with Crippen LogP contribution >= 0.6 is 0 Å². The van der Waals surface area contributed by atoms with Crippen molar-refractivity contribution in [3.63, 3.8) is 0 Å². The molecule has 0 amide bonds. The molecule has 96 valence electrons. The molecule has 0 fully saturated rings. The third-order valence-electron chi connectivity index (χ3n) is 3.38. The summed E-state index contributed by atoms with van der Waals surface area (Å²) in [6, 6.07) is 6.73. The van der Waals surface area contributed by atoms with Gasteiger partial charge in [0.25, 0.3) is 0 Å². The average molecular weight is 234 g/mol. The number of nitrogens with one attached hydrogen (secondary N) is 1. The Bertz CT molecular complexity index is 334. The molecule has 0 heterocycles. The van der Waals surface area contributed by atoms with Gasteiger partial charge in [0.1, 0.15) is 0 Å². The largest absolute Gasteiger partial charge is 0.330 e. The highest BCUT2D eigenvalue weighted by atomic mass is 14.8. The first-order valence-electron chi connectivity index (χ1n) is 6.60. The molecule has 0 aliphatic rings. The van der Waals surface area contributed by atoms with E-state index in [1.807, 2.05) is 0 Å². The molecule has 17 heavy (non-hydrogen) atoms. The molecule has 0 saturated heterocycles. The van der Waals surface area contributed by atoms with Crippen LogP contribution in [0, 0.1) is 19.8 Å². The molecule has 1 atom stereocenters. The van der Waals surface area contributed by atoms with Gasteiger partial charge in [0.05, 0.1) is 0 Å². The highest BCUT2D eigenvalue weighted by molar-refractivity contribution is 5.29. The van der Waals surface area contributed by atoms with E-state index >= 15 is 0 Å². The van der Waals surface area contributed by atoms with Crippen molar-refractivity contribution < 1.29 is 0 Å².